The van der Waals surface area contributed by atoms with Gasteiger partial charge in [0, 0.05) is 12.5 Å². The molecule has 0 bridgehead atoms. The monoisotopic (exact) mass is 261 g/mol. The van der Waals surface area contributed by atoms with E-state index < -0.39 is 10.0 Å². The van der Waals surface area contributed by atoms with Crippen LogP contribution in [0.3, 0.4) is 0 Å². The van der Waals surface area contributed by atoms with Crippen molar-refractivity contribution in [2.45, 2.75) is 63.4 Å². The van der Waals surface area contributed by atoms with Crippen molar-refractivity contribution >= 4 is 10.0 Å². The van der Waals surface area contributed by atoms with E-state index in [1.807, 2.05) is 13.8 Å². The Kier molecular flexibility index (Phi) is 3.08. The largest absolute Gasteiger partial charge is 0.369 e. The minimum atomic E-state index is -3.07. The van der Waals surface area contributed by atoms with Crippen LogP contribution < -0.4 is 4.72 Å². The molecule has 100 valence electrons. The van der Waals surface area contributed by atoms with Gasteiger partial charge in [-0.1, -0.05) is 0 Å². The van der Waals surface area contributed by atoms with Crippen LogP contribution >= 0.6 is 0 Å². The molecule has 17 heavy (non-hydrogen) atoms. The quantitative estimate of drug-likeness (QED) is 0.837. The SMILES string of the molecule is CC1(C)C[C@H](CNS(=O)(=O)C2CC2)C(C)(C)O1. The van der Waals surface area contributed by atoms with Crippen molar-refractivity contribution in [2.75, 3.05) is 6.54 Å². The lowest BCUT2D eigenvalue weighted by molar-refractivity contribution is -0.0739. The van der Waals surface area contributed by atoms with Gasteiger partial charge in [-0.2, -0.15) is 0 Å². The predicted octanol–water partition coefficient (Wildman–Crippen LogP) is 1.66. The van der Waals surface area contributed by atoms with E-state index in [-0.39, 0.29) is 22.4 Å². The van der Waals surface area contributed by atoms with E-state index >= 15 is 0 Å². The molecular weight excluding hydrogens is 238 g/mol. The molecule has 0 amide bonds. The second-order valence-corrected chi connectivity index (χ2v) is 8.50. The van der Waals surface area contributed by atoms with Crippen molar-refractivity contribution in [3.63, 3.8) is 0 Å². The molecule has 0 aromatic heterocycles. The van der Waals surface area contributed by atoms with Crippen molar-refractivity contribution in [3.8, 4) is 0 Å². The first-order chi connectivity index (χ1) is 7.62. The van der Waals surface area contributed by atoms with Gasteiger partial charge in [-0.3, -0.25) is 0 Å². The van der Waals surface area contributed by atoms with Gasteiger partial charge in [0.25, 0.3) is 0 Å². The summed E-state index contributed by atoms with van der Waals surface area (Å²) in [5, 5.41) is -0.138. The van der Waals surface area contributed by atoms with Crippen LogP contribution in [0.15, 0.2) is 0 Å². The zero-order valence-corrected chi connectivity index (χ0v) is 11.9. The van der Waals surface area contributed by atoms with Gasteiger partial charge in [0.05, 0.1) is 16.5 Å². The van der Waals surface area contributed by atoms with Gasteiger partial charge >= 0.3 is 0 Å². The van der Waals surface area contributed by atoms with E-state index in [9.17, 15) is 8.42 Å². The van der Waals surface area contributed by atoms with Crippen molar-refractivity contribution in [3.05, 3.63) is 0 Å². The minimum Gasteiger partial charge on any atom is -0.369 e. The Bertz CT molecular complexity index is 396. The van der Waals surface area contributed by atoms with Crippen LogP contribution in [0.2, 0.25) is 0 Å². The second kappa shape index (κ2) is 3.93. The Labute approximate surface area is 104 Å². The average molecular weight is 261 g/mol. The summed E-state index contributed by atoms with van der Waals surface area (Å²) >= 11 is 0. The molecule has 0 radical (unpaired) electrons. The third-order valence-corrected chi connectivity index (χ3v) is 5.67. The topological polar surface area (TPSA) is 55.4 Å². The standard InChI is InChI=1S/C12H23NO3S/c1-11(2)7-9(12(3,4)16-11)8-13-17(14,15)10-5-6-10/h9-10,13H,5-8H2,1-4H3/t9-/m1/s1. The molecule has 0 aromatic rings. The Balaban J connectivity index is 1.95. The Morgan fingerprint density at radius 2 is 1.82 bits per heavy atom. The van der Waals surface area contributed by atoms with Gasteiger partial charge in [0.15, 0.2) is 0 Å². The molecule has 2 aliphatic rings. The summed E-state index contributed by atoms with van der Waals surface area (Å²) in [6.45, 7) is 8.69. The molecular formula is C12H23NO3S. The molecule has 0 unspecified atom stereocenters. The predicted molar refractivity (Wildman–Crippen MR) is 67.3 cm³/mol. The zero-order valence-electron chi connectivity index (χ0n) is 11.1. The van der Waals surface area contributed by atoms with Crippen LogP contribution in [-0.4, -0.2) is 31.4 Å². The fraction of sp³-hybridized carbons (Fsp3) is 1.00. The van der Waals surface area contributed by atoms with E-state index in [1.54, 1.807) is 0 Å². The van der Waals surface area contributed by atoms with E-state index in [0.29, 0.717) is 6.54 Å². The molecule has 1 saturated heterocycles. The third kappa shape index (κ3) is 3.01. The van der Waals surface area contributed by atoms with Crippen LogP contribution in [-0.2, 0) is 14.8 Å². The molecule has 1 saturated carbocycles. The molecule has 1 aliphatic carbocycles. The Hall–Kier alpha value is -0.130. The highest BCUT2D eigenvalue weighted by molar-refractivity contribution is 7.90. The van der Waals surface area contributed by atoms with Crippen LogP contribution in [0.25, 0.3) is 0 Å². The summed E-state index contributed by atoms with van der Waals surface area (Å²) < 4.78 is 32.2. The molecule has 5 heteroatoms. The highest BCUT2D eigenvalue weighted by atomic mass is 32.2. The molecule has 2 rings (SSSR count). The van der Waals surface area contributed by atoms with Crippen molar-refractivity contribution < 1.29 is 13.2 Å². The van der Waals surface area contributed by atoms with Crippen LogP contribution in [0, 0.1) is 5.92 Å². The third-order valence-electron chi connectivity index (χ3n) is 3.75. The smallest absolute Gasteiger partial charge is 0.214 e. The molecule has 0 aromatic carbocycles. The highest BCUT2D eigenvalue weighted by Gasteiger charge is 2.46. The van der Waals surface area contributed by atoms with Gasteiger partial charge in [-0.05, 0) is 47.0 Å². The molecule has 4 nitrogen and oxygen atoms in total. The maximum atomic E-state index is 11.8. The summed E-state index contributed by atoms with van der Waals surface area (Å²) in [6, 6.07) is 0. The van der Waals surface area contributed by atoms with Crippen molar-refractivity contribution in [1.82, 2.24) is 4.72 Å². The zero-order chi connectivity index (χ0) is 12.9. The van der Waals surface area contributed by atoms with Crippen molar-refractivity contribution in [2.24, 2.45) is 5.92 Å². The van der Waals surface area contributed by atoms with Gasteiger partial charge < -0.3 is 4.74 Å². The molecule has 0 spiro atoms. The minimum absolute atomic E-state index is 0.138. The number of rotatable bonds is 4. The molecule has 1 N–H and O–H groups in total. The van der Waals surface area contributed by atoms with E-state index in [2.05, 4.69) is 18.6 Å². The molecule has 1 heterocycles. The number of hydrogen-bond donors (Lipinski definition) is 1. The maximum absolute atomic E-state index is 11.8. The lowest BCUT2D eigenvalue weighted by atomic mass is 9.88. The summed E-state index contributed by atoms with van der Waals surface area (Å²) in [7, 11) is -3.07. The van der Waals surface area contributed by atoms with Gasteiger partial charge in [-0.15, -0.1) is 0 Å². The first-order valence-corrected chi connectivity index (χ1v) is 7.86. The van der Waals surface area contributed by atoms with E-state index in [4.69, 9.17) is 4.74 Å². The average Bonchev–Trinajstić information content (AvgIpc) is 2.89. The first-order valence-electron chi connectivity index (χ1n) is 6.31. The Morgan fingerprint density at radius 3 is 2.24 bits per heavy atom. The number of hydrogen-bond acceptors (Lipinski definition) is 3. The number of nitrogens with one attached hydrogen (secondary N) is 1. The van der Waals surface area contributed by atoms with Gasteiger partial charge in [0.2, 0.25) is 10.0 Å². The lowest BCUT2D eigenvalue weighted by Crippen LogP contribution is -2.38. The normalized spacial score (nSPS) is 31.6. The lowest BCUT2D eigenvalue weighted by Gasteiger charge is -2.27. The van der Waals surface area contributed by atoms with Crippen molar-refractivity contribution in [1.29, 1.82) is 0 Å². The fourth-order valence-electron chi connectivity index (χ4n) is 2.71. The van der Waals surface area contributed by atoms with Crippen LogP contribution in [0.1, 0.15) is 47.0 Å². The van der Waals surface area contributed by atoms with E-state index in [0.717, 1.165) is 19.3 Å². The number of sulfonamides is 1. The first kappa shape index (κ1) is 13.3. The van der Waals surface area contributed by atoms with Gasteiger partial charge in [0.1, 0.15) is 0 Å². The molecule has 2 fully saturated rings. The summed E-state index contributed by atoms with van der Waals surface area (Å²) in [6.07, 6.45) is 2.52. The summed E-state index contributed by atoms with van der Waals surface area (Å²) in [5.41, 5.74) is -0.408. The maximum Gasteiger partial charge on any atom is 0.214 e. The van der Waals surface area contributed by atoms with Gasteiger partial charge in [-0.25, -0.2) is 13.1 Å². The Morgan fingerprint density at radius 1 is 1.24 bits per heavy atom. The highest BCUT2D eigenvalue weighted by Crippen LogP contribution is 2.41. The summed E-state index contributed by atoms with van der Waals surface area (Å²) in [5.74, 6) is 0.242. The second-order valence-electron chi connectivity index (χ2n) is 6.46. The molecule has 1 aliphatic heterocycles. The summed E-state index contributed by atoms with van der Waals surface area (Å²) in [4.78, 5) is 0. The fourth-order valence-corrected chi connectivity index (χ4v) is 4.13. The van der Waals surface area contributed by atoms with Crippen LogP contribution in [0.4, 0.5) is 0 Å². The number of ether oxygens (including phenoxy) is 1. The van der Waals surface area contributed by atoms with E-state index in [1.165, 1.54) is 0 Å². The van der Waals surface area contributed by atoms with Crippen LogP contribution in [0.5, 0.6) is 0 Å². The molecule has 1 atom stereocenters.